The van der Waals surface area contributed by atoms with Crippen LogP contribution < -0.4 is 10.6 Å². The molecule has 8 nitrogen and oxygen atoms in total. The number of esters is 1. The maximum atomic E-state index is 11.5. The maximum Gasteiger partial charge on any atom is 0.339 e. The van der Waals surface area contributed by atoms with Crippen LogP contribution in [-0.2, 0) is 9.53 Å². The molecule has 0 spiro atoms. The van der Waals surface area contributed by atoms with E-state index in [4.69, 9.17) is 5.11 Å². The largest absolute Gasteiger partial charge is 0.507 e. The highest BCUT2D eigenvalue weighted by molar-refractivity contribution is 5.95. The molecule has 0 saturated heterocycles. The molecule has 0 aliphatic heterocycles. The first-order valence-electron chi connectivity index (χ1n) is 5.62. The molecule has 0 atom stereocenters. The van der Waals surface area contributed by atoms with Gasteiger partial charge >= 0.3 is 18.0 Å². The monoisotopic (exact) mass is 282 g/mol. The number of benzene rings is 1. The number of urea groups is 1. The Morgan fingerprint density at radius 1 is 1.30 bits per heavy atom. The summed E-state index contributed by atoms with van der Waals surface area (Å²) in [6, 6.07) is 3.03. The van der Waals surface area contributed by atoms with E-state index in [1.165, 1.54) is 13.2 Å². The zero-order chi connectivity index (χ0) is 15.1. The summed E-state index contributed by atoms with van der Waals surface area (Å²) < 4.78 is 4.40. The molecule has 0 aromatic heterocycles. The second-order valence-corrected chi connectivity index (χ2v) is 3.74. The molecule has 1 rings (SSSR count). The fourth-order valence-corrected chi connectivity index (χ4v) is 1.34. The molecule has 1 aromatic rings. The summed E-state index contributed by atoms with van der Waals surface area (Å²) in [7, 11) is 1.24. The number of carboxylic acid groups (broad SMARTS) is 1. The summed E-state index contributed by atoms with van der Waals surface area (Å²) in [5, 5.41) is 22.9. The van der Waals surface area contributed by atoms with Crippen LogP contribution >= 0.6 is 0 Å². The second-order valence-electron chi connectivity index (χ2n) is 3.74. The number of carbonyl (C=O) groups is 3. The third-order valence-corrected chi connectivity index (χ3v) is 2.33. The zero-order valence-electron chi connectivity index (χ0n) is 10.7. The second kappa shape index (κ2) is 6.98. The van der Waals surface area contributed by atoms with E-state index in [9.17, 15) is 19.5 Å². The van der Waals surface area contributed by atoms with Gasteiger partial charge in [0.05, 0.1) is 13.5 Å². The quantitative estimate of drug-likeness (QED) is 0.467. The Labute approximate surface area is 114 Å². The first kappa shape index (κ1) is 15.3. The third kappa shape index (κ3) is 4.48. The van der Waals surface area contributed by atoms with E-state index in [1.807, 2.05) is 0 Å². The number of methoxy groups -OCH3 is 1. The van der Waals surface area contributed by atoms with Crippen LogP contribution in [0.15, 0.2) is 18.2 Å². The first-order valence-corrected chi connectivity index (χ1v) is 5.62. The van der Waals surface area contributed by atoms with Crippen LogP contribution in [0.1, 0.15) is 16.8 Å². The highest BCUT2D eigenvalue weighted by Gasteiger charge is 2.11. The van der Waals surface area contributed by atoms with Gasteiger partial charge in [-0.1, -0.05) is 0 Å². The van der Waals surface area contributed by atoms with E-state index >= 15 is 0 Å². The first-order chi connectivity index (χ1) is 9.43. The molecule has 0 unspecified atom stereocenters. The minimum atomic E-state index is -1.31. The molecular formula is C12H14N2O6. The Kier molecular flexibility index (Phi) is 5.33. The highest BCUT2D eigenvalue weighted by atomic mass is 16.5. The van der Waals surface area contributed by atoms with Crippen molar-refractivity contribution in [2.45, 2.75) is 6.42 Å². The van der Waals surface area contributed by atoms with Gasteiger partial charge < -0.3 is 25.6 Å². The van der Waals surface area contributed by atoms with Crippen molar-refractivity contribution < 1.29 is 29.3 Å². The van der Waals surface area contributed by atoms with Crippen LogP contribution in [0.25, 0.3) is 0 Å². The summed E-state index contributed by atoms with van der Waals surface area (Å²) in [4.78, 5) is 33.1. The van der Waals surface area contributed by atoms with Crippen LogP contribution in [0.5, 0.6) is 5.75 Å². The van der Waals surface area contributed by atoms with Gasteiger partial charge in [-0.3, -0.25) is 4.79 Å². The molecular weight excluding hydrogens is 268 g/mol. The normalized spacial score (nSPS) is 9.65. The van der Waals surface area contributed by atoms with Gasteiger partial charge in [-0.2, -0.15) is 0 Å². The average Bonchev–Trinajstić information content (AvgIpc) is 2.40. The summed E-state index contributed by atoms with van der Waals surface area (Å²) >= 11 is 0. The van der Waals surface area contributed by atoms with Crippen molar-refractivity contribution in [3.8, 4) is 5.75 Å². The Hall–Kier alpha value is -2.77. The standard InChI is InChI=1S/C12H14N2O6/c1-20-10(16)4-5-13-12(19)14-7-2-3-9(15)8(6-7)11(17)18/h2-3,6,15H,4-5H2,1H3,(H,17,18)(H2,13,14,19). The Morgan fingerprint density at radius 3 is 2.60 bits per heavy atom. The van der Waals surface area contributed by atoms with E-state index in [-0.39, 0.29) is 24.2 Å². The van der Waals surface area contributed by atoms with E-state index in [1.54, 1.807) is 0 Å². The number of nitrogens with one attached hydrogen (secondary N) is 2. The van der Waals surface area contributed by atoms with Crippen LogP contribution in [-0.4, -0.2) is 41.8 Å². The molecule has 0 aliphatic carbocycles. The minimum Gasteiger partial charge on any atom is -0.507 e. The lowest BCUT2D eigenvalue weighted by atomic mass is 10.2. The van der Waals surface area contributed by atoms with Crippen molar-refractivity contribution in [3.63, 3.8) is 0 Å². The van der Waals surface area contributed by atoms with E-state index in [2.05, 4.69) is 15.4 Å². The summed E-state index contributed by atoms with van der Waals surface area (Å²) in [6.07, 6.45) is 0.0277. The fourth-order valence-electron chi connectivity index (χ4n) is 1.34. The lowest BCUT2D eigenvalue weighted by Crippen LogP contribution is -2.30. The predicted octanol–water partition coefficient (Wildman–Crippen LogP) is 0.775. The Balaban J connectivity index is 2.56. The van der Waals surface area contributed by atoms with Gasteiger partial charge in [0.25, 0.3) is 0 Å². The van der Waals surface area contributed by atoms with Crippen molar-refractivity contribution in [2.24, 2.45) is 0 Å². The third-order valence-electron chi connectivity index (χ3n) is 2.33. The molecule has 4 N–H and O–H groups in total. The number of hydrogen-bond donors (Lipinski definition) is 4. The molecule has 0 heterocycles. The van der Waals surface area contributed by atoms with Crippen LogP contribution in [0, 0.1) is 0 Å². The van der Waals surface area contributed by atoms with Gasteiger partial charge in [0.1, 0.15) is 11.3 Å². The predicted molar refractivity (Wildman–Crippen MR) is 68.7 cm³/mol. The molecule has 20 heavy (non-hydrogen) atoms. The number of ether oxygens (including phenoxy) is 1. The molecule has 0 aliphatic rings. The van der Waals surface area contributed by atoms with E-state index in [0.29, 0.717) is 0 Å². The molecule has 0 bridgehead atoms. The Bertz CT molecular complexity index is 529. The lowest BCUT2D eigenvalue weighted by molar-refractivity contribution is -0.140. The topological polar surface area (TPSA) is 125 Å². The average molecular weight is 282 g/mol. The maximum absolute atomic E-state index is 11.5. The van der Waals surface area contributed by atoms with Gasteiger partial charge in [0.15, 0.2) is 0 Å². The molecule has 2 amide bonds. The van der Waals surface area contributed by atoms with Gasteiger partial charge in [-0.05, 0) is 18.2 Å². The van der Waals surface area contributed by atoms with E-state index < -0.39 is 23.7 Å². The number of hydrogen-bond acceptors (Lipinski definition) is 5. The van der Waals surface area contributed by atoms with E-state index in [0.717, 1.165) is 12.1 Å². The smallest absolute Gasteiger partial charge is 0.339 e. The van der Waals surface area contributed by atoms with Gasteiger partial charge in [0, 0.05) is 12.2 Å². The summed E-state index contributed by atoms with van der Waals surface area (Å²) in [5.41, 5.74) is -0.117. The molecule has 8 heteroatoms. The van der Waals surface area contributed by atoms with Gasteiger partial charge in [-0.15, -0.1) is 0 Å². The molecule has 108 valence electrons. The molecule has 1 aromatic carbocycles. The number of amides is 2. The van der Waals surface area contributed by atoms with Crippen LogP contribution in [0.4, 0.5) is 10.5 Å². The SMILES string of the molecule is COC(=O)CCNC(=O)Nc1ccc(O)c(C(=O)O)c1. The van der Waals surface area contributed by atoms with Crippen molar-refractivity contribution in [1.29, 1.82) is 0 Å². The minimum absolute atomic E-state index is 0.0277. The van der Waals surface area contributed by atoms with Crippen molar-refractivity contribution in [2.75, 3.05) is 19.0 Å². The number of phenols is 1. The number of anilines is 1. The number of carboxylic acids is 1. The molecule has 0 fully saturated rings. The van der Waals surface area contributed by atoms with Crippen molar-refractivity contribution >= 4 is 23.7 Å². The molecule has 0 radical (unpaired) electrons. The lowest BCUT2D eigenvalue weighted by Gasteiger charge is -2.08. The number of carbonyl (C=O) groups excluding carboxylic acids is 2. The van der Waals surface area contributed by atoms with Crippen LogP contribution in [0.2, 0.25) is 0 Å². The zero-order valence-corrected chi connectivity index (χ0v) is 10.7. The van der Waals surface area contributed by atoms with Crippen molar-refractivity contribution in [3.05, 3.63) is 23.8 Å². The molecule has 0 saturated carbocycles. The number of aromatic hydroxyl groups is 1. The Morgan fingerprint density at radius 2 is 2.00 bits per heavy atom. The van der Waals surface area contributed by atoms with Crippen LogP contribution in [0.3, 0.4) is 0 Å². The van der Waals surface area contributed by atoms with Gasteiger partial charge in [-0.25, -0.2) is 9.59 Å². The van der Waals surface area contributed by atoms with Gasteiger partial charge in [0.2, 0.25) is 0 Å². The summed E-state index contributed by atoms with van der Waals surface area (Å²) in [5.74, 6) is -2.16. The summed E-state index contributed by atoms with van der Waals surface area (Å²) in [6.45, 7) is 0.0857. The highest BCUT2D eigenvalue weighted by Crippen LogP contribution is 2.21. The number of rotatable bonds is 5. The number of aromatic carboxylic acids is 1. The fraction of sp³-hybridized carbons (Fsp3) is 0.250. The van der Waals surface area contributed by atoms with Crippen molar-refractivity contribution in [1.82, 2.24) is 5.32 Å².